The molecule has 0 aromatic carbocycles. The van der Waals surface area contributed by atoms with Crippen LogP contribution >= 0.6 is 0 Å². The van der Waals surface area contributed by atoms with Crippen LogP contribution < -0.4 is 5.73 Å². The van der Waals surface area contributed by atoms with Crippen LogP contribution in [-0.4, -0.2) is 15.8 Å². The molecule has 0 spiro atoms. The Balaban J connectivity index is 2.58. The number of aromatic nitrogens is 2. The fourth-order valence-corrected chi connectivity index (χ4v) is 0.949. The van der Waals surface area contributed by atoms with Crippen molar-refractivity contribution in [3.8, 4) is 0 Å². The lowest BCUT2D eigenvalue weighted by Crippen LogP contribution is -2.17. The Morgan fingerprint density at radius 2 is 2.50 bits per heavy atom. The van der Waals surface area contributed by atoms with E-state index in [2.05, 4.69) is 5.10 Å². The van der Waals surface area contributed by atoms with Crippen LogP contribution in [0.2, 0.25) is 0 Å². The third kappa shape index (κ3) is 1.84. The van der Waals surface area contributed by atoms with Gasteiger partial charge >= 0.3 is 0 Å². The molecule has 0 amide bonds. The van der Waals surface area contributed by atoms with Gasteiger partial charge in [-0.3, -0.25) is 4.68 Å². The summed E-state index contributed by atoms with van der Waals surface area (Å²) in [5, 5.41) is 4.03. The Morgan fingerprint density at radius 3 is 2.90 bits per heavy atom. The van der Waals surface area contributed by atoms with Gasteiger partial charge in [-0.15, -0.1) is 0 Å². The molecule has 0 aliphatic rings. The van der Waals surface area contributed by atoms with Crippen LogP contribution in [0.5, 0.6) is 0 Å². The molecule has 1 heterocycles. The van der Waals surface area contributed by atoms with Gasteiger partial charge in [-0.1, -0.05) is 0 Å². The van der Waals surface area contributed by atoms with Gasteiger partial charge < -0.3 is 5.73 Å². The monoisotopic (exact) mass is 139 g/mol. The van der Waals surface area contributed by atoms with Crippen LogP contribution in [0, 0.1) is 0 Å². The molecule has 0 aliphatic carbocycles. The van der Waals surface area contributed by atoms with Crippen LogP contribution in [0.4, 0.5) is 0 Å². The third-order valence-corrected chi connectivity index (χ3v) is 1.32. The van der Waals surface area contributed by atoms with Crippen LogP contribution in [0.15, 0.2) is 12.4 Å². The SMILES string of the molecule is C[C@H](N)Cc1cnn(C)c1. The Kier molecular flexibility index (Phi) is 2.06. The number of aryl methyl sites for hydroxylation is 1. The molecule has 0 fully saturated rings. The van der Waals surface area contributed by atoms with Crippen molar-refractivity contribution in [3.63, 3.8) is 0 Å². The van der Waals surface area contributed by atoms with Gasteiger partial charge in [0, 0.05) is 19.3 Å². The average molecular weight is 139 g/mol. The van der Waals surface area contributed by atoms with E-state index in [1.54, 1.807) is 4.68 Å². The van der Waals surface area contributed by atoms with E-state index in [0.29, 0.717) is 0 Å². The molecule has 3 heteroatoms. The van der Waals surface area contributed by atoms with E-state index >= 15 is 0 Å². The minimum absolute atomic E-state index is 0.226. The van der Waals surface area contributed by atoms with E-state index in [4.69, 9.17) is 5.73 Å². The fraction of sp³-hybridized carbons (Fsp3) is 0.571. The van der Waals surface area contributed by atoms with Crippen molar-refractivity contribution < 1.29 is 0 Å². The van der Waals surface area contributed by atoms with Gasteiger partial charge in [0.2, 0.25) is 0 Å². The minimum Gasteiger partial charge on any atom is -0.328 e. The smallest absolute Gasteiger partial charge is 0.0522 e. The lowest BCUT2D eigenvalue weighted by Gasteiger charge is -1.99. The summed E-state index contributed by atoms with van der Waals surface area (Å²) in [5.41, 5.74) is 6.80. The summed E-state index contributed by atoms with van der Waals surface area (Å²) < 4.78 is 1.79. The minimum atomic E-state index is 0.226. The van der Waals surface area contributed by atoms with E-state index in [9.17, 15) is 0 Å². The van der Waals surface area contributed by atoms with Crippen LogP contribution in [0.25, 0.3) is 0 Å². The molecule has 2 N–H and O–H groups in total. The number of hydrogen-bond donors (Lipinski definition) is 1. The summed E-state index contributed by atoms with van der Waals surface area (Å²) in [6.45, 7) is 1.99. The molecule has 1 aromatic heterocycles. The molecule has 0 unspecified atom stereocenters. The Labute approximate surface area is 60.8 Å². The maximum atomic E-state index is 5.60. The summed E-state index contributed by atoms with van der Waals surface area (Å²) in [6.07, 6.45) is 4.75. The first-order chi connectivity index (χ1) is 4.68. The standard InChI is InChI=1S/C7H13N3/c1-6(8)3-7-4-9-10(2)5-7/h4-6H,3,8H2,1-2H3/t6-/m0/s1. The van der Waals surface area contributed by atoms with Crippen molar-refractivity contribution in [3.05, 3.63) is 18.0 Å². The van der Waals surface area contributed by atoms with Crippen LogP contribution in [0.3, 0.4) is 0 Å². The molecule has 10 heavy (non-hydrogen) atoms. The molecular formula is C7H13N3. The Morgan fingerprint density at radius 1 is 1.80 bits per heavy atom. The first-order valence-corrected chi connectivity index (χ1v) is 3.41. The molecule has 1 aromatic rings. The second kappa shape index (κ2) is 2.84. The zero-order valence-corrected chi connectivity index (χ0v) is 6.41. The Bertz CT molecular complexity index is 202. The third-order valence-electron chi connectivity index (χ3n) is 1.32. The summed E-state index contributed by atoms with van der Waals surface area (Å²) in [4.78, 5) is 0. The first-order valence-electron chi connectivity index (χ1n) is 3.41. The molecule has 0 saturated heterocycles. The Hall–Kier alpha value is -0.830. The van der Waals surface area contributed by atoms with Crippen molar-refractivity contribution in [2.24, 2.45) is 12.8 Å². The van der Waals surface area contributed by atoms with Gasteiger partial charge in [-0.2, -0.15) is 5.10 Å². The van der Waals surface area contributed by atoms with Crippen molar-refractivity contribution in [2.75, 3.05) is 0 Å². The van der Waals surface area contributed by atoms with Crippen molar-refractivity contribution in [1.82, 2.24) is 9.78 Å². The molecule has 56 valence electrons. The lowest BCUT2D eigenvalue weighted by molar-refractivity contribution is 0.734. The van der Waals surface area contributed by atoms with Gasteiger partial charge in [0.15, 0.2) is 0 Å². The zero-order chi connectivity index (χ0) is 7.56. The van der Waals surface area contributed by atoms with Gasteiger partial charge in [-0.25, -0.2) is 0 Å². The molecule has 0 radical (unpaired) electrons. The van der Waals surface area contributed by atoms with Gasteiger partial charge in [0.05, 0.1) is 6.20 Å². The normalized spacial score (nSPS) is 13.5. The average Bonchev–Trinajstić information content (AvgIpc) is 2.13. The van der Waals surface area contributed by atoms with E-state index in [0.717, 1.165) is 6.42 Å². The highest BCUT2D eigenvalue weighted by molar-refractivity contribution is 5.04. The second-order valence-corrected chi connectivity index (χ2v) is 2.70. The second-order valence-electron chi connectivity index (χ2n) is 2.70. The molecule has 1 rings (SSSR count). The molecule has 0 saturated carbocycles. The molecule has 0 aliphatic heterocycles. The van der Waals surface area contributed by atoms with Gasteiger partial charge in [0.1, 0.15) is 0 Å². The van der Waals surface area contributed by atoms with Crippen LogP contribution in [0.1, 0.15) is 12.5 Å². The zero-order valence-electron chi connectivity index (χ0n) is 6.41. The maximum Gasteiger partial charge on any atom is 0.0522 e. The number of nitrogens with two attached hydrogens (primary N) is 1. The largest absolute Gasteiger partial charge is 0.328 e. The van der Waals surface area contributed by atoms with Gasteiger partial charge in [0.25, 0.3) is 0 Å². The van der Waals surface area contributed by atoms with E-state index < -0.39 is 0 Å². The van der Waals surface area contributed by atoms with Gasteiger partial charge in [-0.05, 0) is 18.9 Å². The quantitative estimate of drug-likeness (QED) is 0.640. The summed E-state index contributed by atoms with van der Waals surface area (Å²) in [5.74, 6) is 0. The predicted octanol–water partition coefficient (Wildman–Crippen LogP) is 0.310. The molecular weight excluding hydrogens is 126 g/mol. The fourth-order valence-electron chi connectivity index (χ4n) is 0.949. The number of nitrogens with zero attached hydrogens (tertiary/aromatic N) is 2. The topological polar surface area (TPSA) is 43.8 Å². The number of rotatable bonds is 2. The van der Waals surface area contributed by atoms with Crippen LogP contribution in [-0.2, 0) is 13.5 Å². The van der Waals surface area contributed by atoms with E-state index in [1.807, 2.05) is 26.4 Å². The van der Waals surface area contributed by atoms with Crippen molar-refractivity contribution in [1.29, 1.82) is 0 Å². The predicted molar refractivity (Wildman–Crippen MR) is 40.6 cm³/mol. The van der Waals surface area contributed by atoms with Crippen molar-refractivity contribution >= 4 is 0 Å². The summed E-state index contributed by atoms with van der Waals surface area (Å²) >= 11 is 0. The summed E-state index contributed by atoms with van der Waals surface area (Å²) in [7, 11) is 1.91. The summed E-state index contributed by atoms with van der Waals surface area (Å²) in [6, 6.07) is 0.226. The first kappa shape index (κ1) is 7.28. The lowest BCUT2D eigenvalue weighted by atomic mass is 10.1. The molecule has 3 nitrogen and oxygen atoms in total. The van der Waals surface area contributed by atoms with Crippen molar-refractivity contribution in [2.45, 2.75) is 19.4 Å². The highest BCUT2D eigenvalue weighted by atomic mass is 15.2. The molecule has 0 bridgehead atoms. The maximum absolute atomic E-state index is 5.60. The van der Waals surface area contributed by atoms with E-state index in [1.165, 1.54) is 5.56 Å². The van der Waals surface area contributed by atoms with E-state index in [-0.39, 0.29) is 6.04 Å². The highest BCUT2D eigenvalue weighted by Crippen LogP contribution is 1.98. The highest BCUT2D eigenvalue weighted by Gasteiger charge is 1.98. The molecule has 1 atom stereocenters. The number of hydrogen-bond acceptors (Lipinski definition) is 2.